The standard InChI is InChI=1S/C11H16N2O2S/c12-11(14)10(8-3-4-15-7-8)13-6-9-2-1-5-16-9/h1-2,5,8,10,13H,3-4,6-7H2,(H2,12,14). The summed E-state index contributed by atoms with van der Waals surface area (Å²) in [4.78, 5) is 12.6. The van der Waals surface area contributed by atoms with Crippen molar-refractivity contribution in [3.05, 3.63) is 22.4 Å². The smallest absolute Gasteiger partial charge is 0.234 e. The second-order valence-corrected chi connectivity index (χ2v) is 5.00. The molecular formula is C11H16N2O2S. The maximum atomic E-state index is 11.4. The summed E-state index contributed by atoms with van der Waals surface area (Å²) in [5.74, 6) is -0.0653. The molecule has 3 N–H and O–H groups in total. The molecule has 1 aliphatic heterocycles. The fraction of sp³-hybridized carbons (Fsp3) is 0.545. The summed E-state index contributed by atoms with van der Waals surface area (Å²) in [6.07, 6.45) is 0.908. The van der Waals surface area contributed by atoms with Crippen LogP contribution in [0.1, 0.15) is 11.3 Å². The van der Waals surface area contributed by atoms with Crippen LogP contribution in [-0.4, -0.2) is 25.2 Å². The summed E-state index contributed by atoms with van der Waals surface area (Å²) in [6.45, 7) is 2.06. The molecule has 5 heteroatoms. The van der Waals surface area contributed by atoms with Gasteiger partial charge in [-0.2, -0.15) is 0 Å². The van der Waals surface area contributed by atoms with Crippen LogP contribution in [0.4, 0.5) is 0 Å². The number of nitrogens with two attached hydrogens (primary N) is 1. The SMILES string of the molecule is NC(=O)C(NCc1cccs1)C1CCOC1. The van der Waals surface area contributed by atoms with Gasteiger partial charge in [0.05, 0.1) is 12.6 Å². The van der Waals surface area contributed by atoms with E-state index in [0.717, 1.165) is 13.0 Å². The number of nitrogens with one attached hydrogen (secondary N) is 1. The van der Waals surface area contributed by atoms with Crippen molar-refractivity contribution in [2.24, 2.45) is 11.7 Å². The van der Waals surface area contributed by atoms with Gasteiger partial charge in [-0.3, -0.25) is 4.79 Å². The number of primary amides is 1. The van der Waals surface area contributed by atoms with Gasteiger partial charge in [-0.1, -0.05) is 6.07 Å². The maximum Gasteiger partial charge on any atom is 0.234 e. The number of carbonyl (C=O) groups is 1. The van der Waals surface area contributed by atoms with Gasteiger partial charge in [0.2, 0.25) is 5.91 Å². The fourth-order valence-electron chi connectivity index (χ4n) is 1.94. The van der Waals surface area contributed by atoms with E-state index in [4.69, 9.17) is 10.5 Å². The first-order valence-electron chi connectivity index (χ1n) is 5.40. The zero-order chi connectivity index (χ0) is 11.4. The topological polar surface area (TPSA) is 64.4 Å². The maximum absolute atomic E-state index is 11.4. The zero-order valence-electron chi connectivity index (χ0n) is 9.02. The number of hydrogen-bond donors (Lipinski definition) is 2. The quantitative estimate of drug-likeness (QED) is 0.797. The Balaban J connectivity index is 1.90. The Kier molecular flexibility index (Phi) is 3.93. The monoisotopic (exact) mass is 240 g/mol. The Hall–Kier alpha value is -0.910. The Morgan fingerprint density at radius 2 is 2.62 bits per heavy atom. The molecule has 0 aliphatic carbocycles. The average molecular weight is 240 g/mol. The largest absolute Gasteiger partial charge is 0.381 e. The molecule has 0 bridgehead atoms. The van der Waals surface area contributed by atoms with Crippen LogP contribution in [0.15, 0.2) is 17.5 Å². The van der Waals surface area contributed by atoms with Gasteiger partial charge >= 0.3 is 0 Å². The molecule has 0 spiro atoms. The normalized spacial score (nSPS) is 22.1. The molecule has 88 valence electrons. The third kappa shape index (κ3) is 2.81. The van der Waals surface area contributed by atoms with Crippen molar-refractivity contribution in [1.29, 1.82) is 0 Å². The summed E-state index contributed by atoms with van der Waals surface area (Å²) in [5.41, 5.74) is 5.40. The molecule has 0 aromatic carbocycles. The average Bonchev–Trinajstić information content (AvgIpc) is 2.88. The van der Waals surface area contributed by atoms with Crippen LogP contribution in [0, 0.1) is 5.92 Å². The van der Waals surface area contributed by atoms with Gasteiger partial charge in [-0.15, -0.1) is 11.3 Å². The lowest BCUT2D eigenvalue weighted by Gasteiger charge is -2.20. The summed E-state index contributed by atoms with van der Waals surface area (Å²) >= 11 is 1.67. The van der Waals surface area contributed by atoms with E-state index < -0.39 is 0 Å². The van der Waals surface area contributed by atoms with Crippen LogP contribution in [0.5, 0.6) is 0 Å². The van der Waals surface area contributed by atoms with E-state index in [1.807, 2.05) is 17.5 Å². The van der Waals surface area contributed by atoms with Gasteiger partial charge in [-0.05, 0) is 17.9 Å². The lowest BCUT2D eigenvalue weighted by molar-refractivity contribution is -0.121. The van der Waals surface area contributed by atoms with Crippen molar-refractivity contribution >= 4 is 17.2 Å². The van der Waals surface area contributed by atoms with E-state index in [2.05, 4.69) is 5.32 Å². The fourth-order valence-corrected chi connectivity index (χ4v) is 2.59. The number of carbonyl (C=O) groups excluding carboxylic acids is 1. The molecule has 1 aromatic heterocycles. The van der Waals surface area contributed by atoms with Crippen molar-refractivity contribution in [1.82, 2.24) is 5.32 Å². The van der Waals surface area contributed by atoms with Gasteiger partial charge in [-0.25, -0.2) is 0 Å². The highest BCUT2D eigenvalue weighted by molar-refractivity contribution is 7.09. The molecule has 4 nitrogen and oxygen atoms in total. The Labute approximate surface area is 98.8 Å². The molecule has 0 radical (unpaired) electrons. The Morgan fingerprint density at radius 1 is 1.75 bits per heavy atom. The first-order chi connectivity index (χ1) is 7.77. The molecule has 1 saturated heterocycles. The Bertz CT molecular complexity index is 334. The summed E-state index contributed by atoms with van der Waals surface area (Å²) in [6, 6.07) is 3.77. The predicted octanol–water partition coefficient (Wildman–Crippen LogP) is 0.728. The number of hydrogen-bond acceptors (Lipinski definition) is 4. The molecule has 16 heavy (non-hydrogen) atoms. The number of ether oxygens (including phenoxy) is 1. The number of rotatable bonds is 5. The van der Waals surface area contributed by atoms with E-state index in [1.54, 1.807) is 11.3 Å². The molecule has 2 unspecified atom stereocenters. The molecular weight excluding hydrogens is 224 g/mol. The minimum atomic E-state index is -0.285. The second-order valence-electron chi connectivity index (χ2n) is 3.96. The van der Waals surface area contributed by atoms with Crippen LogP contribution in [0.25, 0.3) is 0 Å². The van der Waals surface area contributed by atoms with Crippen LogP contribution < -0.4 is 11.1 Å². The lowest BCUT2D eigenvalue weighted by Crippen LogP contribution is -2.46. The van der Waals surface area contributed by atoms with Gasteiger partial charge in [0.25, 0.3) is 0 Å². The van der Waals surface area contributed by atoms with Gasteiger partial charge in [0.1, 0.15) is 0 Å². The van der Waals surface area contributed by atoms with E-state index in [0.29, 0.717) is 13.2 Å². The molecule has 2 atom stereocenters. The molecule has 1 aromatic rings. The second kappa shape index (κ2) is 5.43. The number of amides is 1. The van der Waals surface area contributed by atoms with Gasteiger partial charge in [0.15, 0.2) is 0 Å². The highest BCUT2D eigenvalue weighted by Crippen LogP contribution is 2.17. The molecule has 1 amide bonds. The highest BCUT2D eigenvalue weighted by atomic mass is 32.1. The van der Waals surface area contributed by atoms with Crippen LogP contribution >= 0.6 is 11.3 Å². The van der Waals surface area contributed by atoms with Crippen molar-refractivity contribution in [3.63, 3.8) is 0 Å². The number of thiophene rings is 1. The van der Waals surface area contributed by atoms with E-state index in [1.165, 1.54) is 4.88 Å². The van der Waals surface area contributed by atoms with Crippen molar-refractivity contribution in [3.8, 4) is 0 Å². The molecule has 2 heterocycles. The minimum Gasteiger partial charge on any atom is -0.381 e. The van der Waals surface area contributed by atoms with Gasteiger partial charge < -0.3 is 15.8 Å². The first-order valence-corrected chi connectivity index (χ1v) is 6.28. The molecule has 1 fully saturated rings. The first kappa shape index (κ1) is 11.6. The lowest BCUT2D eigenvalue weighted by atomic mass is 9.98. The summed E-state index contributed by atoms with van der Waals surface area (Å²) in [7, 11) is 0. The minimum absolute atomic E-state index is 0.220. The molecule has 2 rings (SSSR count). The van der Waals surface area contributed by atoms with Crippen molar-refractivity contribution < 1.29 is 9.53 Å². The summed E-state index contributed by atoms with van der Waals surface area (Å²) < 4.78 is 5.28. The van der Waals surface area contributed by atoms with Crippen LogP contribution in [-0.2, 0) is 16.1 Å². The molecule has 0 saturated carbocycles. The highest BCUT2D eigenvalue weighted by Gasteiger charge is 2.29. The Morgan fingerprint density at radius 3 is 3.19 bits per heavy atom. The molecule has 1 aliphatic rings. The van der Waals surface area contributed by atoms with Crippen molar-refractivity contribution in [2.45, 2.75) is 19.0 Å². The van der Waals surface area contributed by atoms with E-state index in [-0.39, 0.29) is 17.9 Å². The van der Waals surface area contributed by atoms with E-state index >= 15 is 0 Å². The third-order valence-electron chi connectivity index (χ3n) is 2.82. The zero-order valence-corrected chi connectivity index (χ0v) is 9.83. The van der Waals surface area contributed by atoms with E-state index in [9.17, 15) is 4.79 Å². The van der Waals surface area contributed by atoms with Gasteiger partial charge in [0, 0.05) is 23.9 Å². The van der Waals surface area contributed by atoms with Crippen LogP contribution in [0.2, 0.25) is 0 Å². The summed E-state index contributed by atoms with van der Waals surface area (Å²) in [5, 5.41) is 5.24. The third-order valence-corrected chi connectivity index (χ3v) is 3.70. The van der Waals surface area contributed by atoms with Crippen molar-refractivity contribution in [2.75, 3.05) is 13.2 Å². The van der Waals surface area contributed by atoms with Crippen LogP contribution in [0.3, 0.4) is 0 Å². The predicted molar refractivity (Wildman–Crippen MR) is 63.1 cm³/mol.